The van der Waals surface area contributed by atoms with Crippen LogP contribution in [0.1, 0.15) is 20.7 Å². The van der Waals surface area contributed by atoms with E-state index in [0.717, 1.165) is 4.90 Å². The summed E-state index contributed by atoms with van der Waals surface area (Å²) < 4.78 is 0. The largest absolute Gasteiger partial charge is 0.478 e. The normalized spacial score (nSPS) is 10.2. The topological polar surface area (TPSA) is 66.4 Å². The number of carboxylic acids is 1. The van der Waals surface area contributed by atoms with Crippen LogP contribution in [0.3, 0.4) is 0 Å². The second-order valence-electron chi connectivity index (χ2n) is 4.15. The zero-order valence-electron chi connectivity index (χ0n) is 11.1. The molecule has 0 heterocycles. The second kappa shape index (κ2) is 6.65. The van der Waals surface area contributed by atoms with Crippen molar-refractivity contribution in [3.8, 4) is 0 Å². The fourth-order valence-corrected chi connectivity index (χ4v) is 2.59. The number of halogens is 1. The summed E-state index contributed by atoms with van der Waals surface area (Å²) in [7, 11) is 0. The minimum absolute atomic E-state index is 0.0485. The molecular formula is C15H12ClNO3S. The van der Waals surface area contributed by atoms with Crippen molar-refractivity contribution in [3.63, 3.8) is 0 Å². The first-order valence-electron chi connectivity index (χ1n) is 6.00. The van der Waals surface area contributed by atoms with Crippen LogP contribution in [0.4, 0.5) is 5.69 Å². The van der Waals surface area contributed by atoms with Crippen LogP contribution in [0.25, 0.3) is 0 Å². The van der Waals surface area contributed by atoms with Gasteiger partial charge >= 0.3 is 5.97 Å². The van der Waals surface area contributed by atoms with Gasteiger partial charge in [-0.15, -0.1) is 11.8 Å². The summed E-state index contributed by atoms with van der Waals surface area (Å²) in [6.45, 7) is 0. The van der Waals surface area contributed by atoms with E-state index in [1.54, 1.807) is 18.2 Å². The van der Waals surface area contributed by atoms with E-state index in [0.29, 0.717) is 11.3 Å². The van der Waals surface area contributed by atoms with Gasteiger partial charge < -0.3 is 10.4 Å². The molecule has 2 rings (SSSR count). The number of hydrogen-bond acceptors (Lipinski definition) is 3. The molecule has 0 aliphatic carbocycles. The van der Waals surface area contributed by atoms with Gasteiger partial charge in [0.2, 0.25) is 0 Å². The predicted molar refractivity (Wildman–Crippen MR) is 84.6 cm³/mol. The summed E-state index contributed by atoms with van der Waals surface area (Å²) in [5.41, 5.74) is 0.877. The molecule has 0 atom stereocenters. The van der Waals surface area contributed by atoms with Gasteiger partial charge in [0.25, 0.3) is 5.91 Å². The molecule has 0 spiro atoms. The lowest BCUT2D eigenvalue weighted by Gasteiger charge is -2.09. The fourth-order valence-electron chi connectivity index (χ4n) is 1.80. The lowest BCUT2D eigenvalue weighted by atomic mass is 10.1. The molecule has 21 heavy (non-hydrogen) atoms. The van der Waals surface area contributed by atoms with Crippen LogP contribution in [0.2, 0.25) is 5.02 Å². The van der Waals surface area contributed by atoms with Gasteiger partial charge in [-0.25, -0.2) is 4.79 Å². The quantitative estimate of drug-likeness (QED) is 0.835. The summed E-state index contributed by atoms with van der Waals surface area (Å²) in [6.07, 6.45) is 1.89. The van der Waals surface area contributed by atoms with E-state index in [1.807, 2.05) is 18.4 Å². The van der Waals surface area contributed by atoms with Crippen LogP contribution in [-0.2, 0) is 0 Å². The molecule has 0 aliphatic rings. The van der Waals surface area contributed by atoms with Crippen molar-refractivity contribution in [3.05, 3.63) is 58.6 Å². The number of nitrogens with one attached hydrogen (secondary N) is 1. The van der Waals surface area contributed by atoms with E-state index >= 15 is 0 Å². The highest BCUT2D eigenvalue weighted by atomic mass is 35.5. The third-order valence-corrected chi connectivity index (χ3v) is 3.93. The maximum Gasteiger partial charge on any atom is 0.337 e. The smallest absolute Gasteiger partial charge is 0.337 e. The highest BCUT2D eigenvalue weighted by Gasteiger charge is 2.13. The van der Waals surface area contributed by atoms with Crippen LogP contribution in [0.15, 0.2) is 47.4 Å². The van der Waals surface area contributed by atoms with Crippen molar-refractivity contribution >= 4 is 40.9 Å². The molecule has 0 unspecified atom stereocenters. The highest BCUT2D eigenvalue weighted by Crippen LogP contribution is 2.23. The molecule has 0 bridgehead atoms. The van der Waals surface area contributed by atoms with E-state index in [2.05, 4.69) is 5.32 Å². The first-order valence-corrected chi connectivity index (χ1v) is 7.60. The van der Waals surface area contributed by atoms with Gasteiger partial charge in [-0.1, -0.05) is 23.7 Å². The van der Waals surface area contributed by atoms with Crippen molar-refractivity contribution in [1.29, 1.82) is 0 Å². The molecule has 4 nitrogen and oxygen atoms in total. The maximum atomic E-state index is 12.3. The molecule has 0 fully saturated rings. The van der Waals surface area contributed by atoms with Crippen molar-refractivity contribution in [2.24, 2.45) is 0 Å². The van der Waals surface area contributed by atoms with Crippen molar-refractivity contribution < 1.29 is 14.7 Å². The molecule has 1 amide bonds. The number of benzene rings is 2. The van der Waals surface area contributed by atoms with Gasteiger partial charge in [-0.3, -0.25) is 4.79 Å². The van der Waals surface area contributed by atoms with E-state index in [9.17, 15) is 9.59 Å². The Morgan fingerprint density at radius 3 is 2.52 bits per heavy atom. The second-order valence-corrected chi connectivity index (χ2v) is 5.41. The number of thioether (sulfide) groups is 1. The molecule has 0 radical (unpaired) electrons. The number of anilines is 1. The summed E-state index contributed by atoms with van der Waals surface area (Å²) in [5, 5.41) is 11.8. The Labute approximate surface area is 131 Å². The van der Waals surface area contributed by atoms with Gasteiger partial charge in [0.15, 0.2) is 0 Å². The Balaban J connectivity index is 2.28. The fraction of sp³-hybridized carbons (Fsp3) is 0.0667. The van der Waals surface area contributed by atoms with Crippen LogP contribution < -0.4 is 5.32 Å². The Kier molecular flexibility index (Phi) is 4.88. The maximum absolute atomic E-state index is 12.3. The van der Waals surface area contributed by atoms with Gasteiger partial charge in [0.1, 0.15) is 0 Å². The van der Waals surface area contributed by atoms with Gasteiger partial charge in [0, 0.05) is 10.6 Å². The number of amides is 1. The zero-order valence-corrected chi connectivity index (χ0v) is 12.7. The van der Waals surface area contributed by atoms with Gasteiger partial charge in [-0.2, -0.15) is 0 Å². The Morgan fingerprint density at radius 2 is 1.86 bits per heavy atom. The van der Waals surface area contributed by atoms with Crippen LogP contribution in [0, 0.1) is 0 Å². The van der Waals surface area contributed by atoms with Crippen molar-refractivity contribution in [1.82, 2.24) is 0 Å². The number of hydrogen-bond donors (Lipinski definition) is 2. The van der Waals surface area contributed by atoms with Crippen LogP contribution in [0.5, 0.6) is 0 Å². The molecule has 2 aromatic rings. The summed E-state index contributed by atoms with van der Waals surface area (Å²) in [5.74, 6) is -1.43. The van der Waals surface area contributed by atoms with Gasteiger partial charge in [0.05, 0.1) is 16.1 Å². The number of carboxylic acid groups (broad SMARTS) is 1. The number of aromatic carboxylic acids is 1. The minimum atomic E-state index is -1.14. The minimum Gasteiger partial charge on any atom is -0.478 e. The molecule has 2 N–H and O–H groups in total. The third kappa shape index (κ3) is 3.56. The lowest BCUT2D eigenvalue weighted by molar-refractivity contribution is 0.0696. The lowest BCUT2D eigenvalue weighted by Crippen LogP contribution is -2.13. The molecule has 108 valence electrons. The van der Waals surface area contributed by atoms with Gasteiger partial charge in [-0.05, 0) is 36.6 Å². The molecule has 0 saturated carbocycles. The highest BCUT2D eigenvalue weighted by molar-refractivity contribution is 7.98. The Hall–Kier alpha value is -1.98. The summed E-state index contributed by atoms with van der Waals surface area (Å²) in [6, 6.07) is 11.5. The van der Waals surface area contributed by atoms with Crippen molar-refractivity contribution in [2.45, 2.75) is 4.90 Å². The first kappa shape index (κ1) is 15.4. The van der Waals surface area contributed by atoms with E-state index < -0.39 is 5.97 Å². The predicted octanol–water partition coefficient (Wildman–Crippen LogP) is 4.01. The molecule has 2 aromatic carbocycles. The molecule has 0 aromatic heterocycles. The summed E-state index contributed by atoms with van der Waals surface area (Å²) >= 11 is 7.26. The monoisotopic (exact) mass is 321 g/mol. The first-order chi connectivity index (χ1) is 10.0. The standard InChI is InChI=1S/C15H12ClNO3S/c1-21-13-5-3-2-4-10(13)14(18)17-9-6-7-12(16)11(8-9)15(19)20/h2-8H,1H3,(H,17,18)(H,19,20). The van der Waals surface area contributed by atoms with Crippen molar-refractivity contribution in [2.75, 3.05) is 11.6 Å². The molecule has 0 saturated heterocycles. The molecule has 0 aliphatic heterocycles. The van der Waals surface area contributed by atoms with E-state index in [1.165, 1.54) is 23.9 Å². The average molecular weight is 322 g/mol. The number of carbonyl (C=O) groups excluding carboxylic acids is 1. The number of rotatable bonds is 4. The van der Waals surface area contributed by atoms with E-state index in [-0.39, 0.29) is 16.5 Å². The SMILES string of the molecule is CSc1ccccc1C(=O)Nc1ccc(Cl)c(C(=O)O)c1. The number of carbonyl (C=O) groups is 2. The molecular weight excluding hydrogens is 310 g/mol. The Bertz CT molecular complexity index is 703. The summed E-state index contributed by atoms with van der Waals surface area (Å²) in [4.78, 5) is 24.1. The average Bonchev–Trinajstić information content (AvgIpc) is 2.48. The van der Waals surface area contributed by atoms with Crippen LogP contribution in [-0.4, -0.2) is 23.2 Å². The zero-order chi connectivity index (χ0) is 15.4. The Morgan fingerprint density at radius 1 is 1.14 bits per heavy atom. The van der Waals surface area contributed by atoms with E-state index in [4.69, 9.17) is 16.7 Å². The third-order valence-electron chi connectivity index (χ3n) is 2.81. The molecule has 6 heteroatoms. The van der Waals surface area contributed by atoms with Crippen LogP contribution >= 0.6 is 23.4 Å².